The quantitative estimate of drug-likeness (QED) is 0.647. The van der Waals surface area contributed by atoms with E-state index in [4.69, 9.17) is 19.7 Å². The summed E-state index contributed by atoms with van der Waals surface area (Å²) in [6, 6.07) is 0. The smallest absolute Gasteiger partial charge is 0.0745 e. The summed E-state index contributed by atoms with van der Waals surface area (Å²) in [7, 11) is 0. The van der Waals surface area contributed by atoms with E-state index in [1.54, 1.807) is 13.8 Å². The van der Waals surface area contributed by atoms with E-state index >= 15 is 0 Å². The van der Waals surface area contributed by atoms with Crippen LogP contribution in [0.2, 0.25) is 0 Å². The van der Waals surface area contributed by atoms with Crippen LogP contribution in [0.25, 0.3) is 0 Å². The van der Waals surface area contributed by atoms with Gasteiger partial charge in [0.2, 0.25) is 0 Å². The molecule has 0 aliphatic rings. The lowest BCUT2D eigenvalue weighted by atomic mass is 10.4. The van der Waals surface area contributed by atoms with E-state index < -0.39 is 0 Å². The first-order valence-electron chi connectivity index (χ1n) is 6.45. The third kappa shape index (κ3) is 25.8. The van der Waals surface area contributed by atoms with Gasteiger partial charge in [0.15, 0.2) is 0 Å². The predicted molar refractivity (Wildman–Crippen MR) is 70.2 cm³/mol. The van der Waals surface area contributed by atoms with E-state index in [-0.39, 0.29) is 18.3 Å². The summed E-state index contributed by atoms with van der Waals surface area (Å²) in [5.41, 5.74) is 0. The summed E-state index contributed by atoms with van der Waals surface area (Å²) in [5, 5.41) is 17.4. The van der Waals surface area contributed by atoms with E-state index in [9.17, 15) is 0 Å². The van der Waals surface area contributed by atoms with Crippen molar-refractivity contribution in [2.45, 2.75) is 65.8 Å². The zero-order valence-corrected chi connectivity index (χ0v) is 12.0. The maximum atomic E-state index is 8.73. The van der Waals surface area contributed by atoms with E-state index in [2.05, 4.69) is 6.92 Å². The van der Waals surface area contributed by atoms with Gasteiger partial charge in [-0.05, 0) is 34.1 Å². The molecule has 0 saturated heterocycles. The van der Waals surface area contributed by atoms with Gasteiger partial charge < -0.3 is 19.7 Å². The normalized spacial score (nSPS) is 14.1. The van der Waals surface area contributed by atoms with E-state index in [0.717, 1.165) is 19.4 Å². The second-order valence-corrected chi connectivity index (χ2v) is 4.51. The van der Waals surface area contributed by atoms with Gasteiger partial charge in [-0.1, -0.05) is 13.3 Å². The van der Waals surface area contributed by atoms with Crippen LogP contribution in [-0.2, 0) is 9.47 Å². The highest BCUT2D eigenvalue weighted by Gasteiger charge is 1.96. The maximum absolute atomic E-state index is 8.73. The molecule has 0 fully saturated rings. The average molecular weight is 250 g/mol. The Hall–Kier alpha value is -0.160. The Labute approximate surface area is 106 Å². The summed E-state index contributed by atoms with van der Waals surface area (Å²) in [6.07, 6.45) is 1.82. The fraction of sp³-hybridized carbons (Fsp3) is 1.00. The van der Waals surface area contributed by atoms with Crippen LogP contribution in [0.15, 0.2) is 0 Å². The molecule has 0 heterocycles. The van der Waals surface area contributed by atoms with Gasteiger partial charge in [0.25, 0.3) is 0 Å². The highest BCUT2D eigenvalue weighted by atomic mass is 16.5. The molecule has 0 saturated carbocycles. The maximum Gasteiger partial charge on any atom is 0.0745 e. The zero-order chi connectivity index (χ0) is 13.7. The summed E-state index contributed by atoms with van der Waals surface area (Å²) in [4.78, 5) is 0. The monoisotopic (exact) mass is 250 g/mol. The van der Waals surface area contributed by atoms with Gasteiger partial charge in [-0.3, -0.25) is 0 Å². The standard InChI is InChI=1S/C7H16O2.C6H14O2/c1-3-4-5-9-6-7(2)8;1-5(2)8-4-6(3)7/h7-8H,3-6H2,1-2H3;5-7H,4H2,1-3H3. The third-order valence-corrected chi connectivity index (χ3v) is 1.67. The van der Waals surface area contributed by atoms with Crippen LogP contribution in [0.5, 0.6) is 0 Å². The molecular weight excluding hydrogens is 220 g/mol. The van der Waals surface area contributed by atoms with Crippen LogP contribution < -0.4 is 0 Å². The summed E-state index contributed by atoms with van der Waals surface area (Å²) in [6.45, 7) is 11.1. The first kappa shape index (κ1) is 19.2. The first-order chi connectivity index (χ1) is 7.90. The van der Waals surface area contributed by atoms with Crippen molar-refractivity contribution < 1.29 is 19.7 Å². The molecule has 2 atom stereocenters. The lowest BCUT2D eigenvalue weighted by Gasteiger charge is -2.07. The molecule has 0 aliphatic carbocycles. The minimum Gasteiger partial charge on any atom is -0.391 e. The Morgan fingerprint density at radius 2 is 1.47 bits per heavy atom. The molecule has 106 valence electrons. The molecule has 0 aromatic rings. The molecule has 2 N–H and O–H groups in total. The lowest BCUT2D eigenvalue weighted by molar-refractivity contribution is 0.0134. The molecule has 0 spiro atoms. The second kappa shape index (κ2) is 13.9. The van der Waals surface area contributed by atoms with E-state index in [1.807, 2.05) is 13.8 Å². The fourth-order valence-electron chi connectivity index (χ4n) is 0.832. The van der Waals surface area contributed by atoms with Gasteiger partial charge in [-0.15, -0.1) is 0 Å². The van der Waals surface area contributed by atoms with E-state index in [0.29, 0.717) is 13.2 Å². The van der Waals surface area contributed by atoms with Crippen molar-refractivity contribution in [3.05, 3.63) is 0 Å². The Morgan fingerprint density at radius 1 is 0.941 bits per heavy atom. The lowest BCUT2D eigenvalue weighted by Crippen LogP contribution is -2.14. The van der Waals surface area contributed by atoms with Gasteiger partial charge in [0.1, 0.15) is 0 Å². The SMILES string of the molecule is CC(O)COC(C)C.CCCCOCC(C)O. The molecule has 0 aromatic heterocycles. The number of ether oxygens (including phenoxy) is 2. The molecule has 0 aliphatic heterocycles. The number of aliphatic hydroxyl groups excluding tert-OH is 2. The highest BCUT2D eigenvalue weighted by Crippen LogP contribution is 1.89. The average Bonchev–Trinajstić information content (AvgIpc) is 2.22. The van der Waals surface area contributed by atoms with Crippen LogP contribution in [-0.4, -0.2) is 48.3 Å². The van der Waals surface area contributed by atoms with Crippen molar-refractivity contribution in [3.8, 4) is 0 Å². The predicted octanol–water partition coefficient (Wildman–Crippen LogP) is 1.98. The number of aliphatic hydroxyl groups is 2. The Bertz CT molecular complexity index is 127. The summed E-state index contributed by atoms with van der Waals surface area (Å²) >= 11 is 0. The molecule has 0 amide bonds. The van der Waals surface area contributed by atoms with Gasteiger partial charge in [-0.2, -0.15) is 0 Å². The fourth-order valence-corrected chi connectivity index (χ4v) is 0.832. The highest BCUT2D eigenvalue weighted by molar-refractivity contribution is 4.43. The van der Waals surface area contributed by atoms with Crippen LogP contribution in [0.4, 0.5) is 0 Å². The largest absolute Gasteiger partial charge is 0.391 e. The number of hydrogen-bond donors (Lipinski definition) is 2. The second-order valence-electron chi connectivity index (χ2n) is 4.51. The van der Waals surface area contributed by atoms with Crippen LogP contribution in [0.1, 0.15) is 47.5 Å². The molecule has 2 unspecified atom stereocenters. The third-order valence-electron chi connectivity index (χ3n) is 1.67. The molecule has 4 heteroatoms. The first-order valence-corrected chi connectivity index (χ1v) is 6.45. The van der Waals surface area contributed by atoms with Crippen LogP contribution in [0.3, 0.4) is 0 Å². The van der Waals surface area contributed by atoms with Gasteiger partial charge >= 0.3 is 0 Å². The van der Waals surface area contributed by atoms with Crippen molar-refractivity contribution in [2.75, 3.05) is 19.8 Å². The minimum atomic E-state index is -0.336. The summed E-state index contributed by atoms with van der Waals surface area (Å²) in [5.74, 6) is 0. The number of rotatable bonds is 8. The molecule has 0 rings (SSSR count). The molecule has 0 bridgehead atoms. The molecule has 0 aromatic carbocycles. The van der Waals surface area contributed by atoms with E-state index in [1.165, 1.54) is 0 Å². The Kier molecular flexibility index (Phi) is 15.7. The minimum absolute atomic E-state index is 0.226. The van der Waals surface area contributed by atoms with Crippen molar-refractivity contribution in [1.82, 2.24) is 0 Å². The van der Waals surface area contributed by atoms with Gasteiger partial charge in [0.05, 0.1) is 31.5 Å². The number of unbranched alkanes of at least 4 members (excludes halogenated alkanes) is 1. The molecule has 4 nitrogen and oxygen atoms in total. The van der Waals surface area contributed by atoms with Crippen molar-refractivity contribution in [2.24, 2.45) is 0 Å². The van der Waals surface area contributed by atoms with Crippen molar-refractivity contribution in [3.63, 3.8) is 0 Å². The van der Waals surface area contributed by atoms with Crippen molar-refractivity contribution >= 4 is 0 Å². The number of hydrogen-bond acceptors (Lipinski definition) is 4. The Balaban J connectivity index is 0. The topological polar surface area (TPSA) is 58.9 Å². The van der Waals surface area contributed by atoms with Gasteiger partial charge in [-0.25, -0.2) is 0 Å². The van der Waals surface area contributed by atoms with Crippen LogP contribution >= 0.6 is 0 Å². The van der Waals surface area contributed by atoms with Crippen LogP contribution in [0, 0.1) is 0 Å². The zero-order valence-electron chi connectivity index (χ0n) is 12.0. The molecule has 17 heavy (non-hydrogen) atoms. The molecule has 0 radical (unpaired) electrons. The van der Waals surface area contributed by atoms with Crippen molar-refractivity contribution in [1.29, 1.82) is 0 Å². The van der Waals surface area contributed by atoms with Gasteiger partial charge in [0, 0.05) is 6.61 Å². The Morgan fingerprint density at radius 3 is 1.76 bits per heavy atom. The molecular formula is C13H30O4. The summed E-state index contributed by atoms with van der Waals surface area (Å²) < 4.78 is 10.1.